The molecular formula is C16H23N3O2. The largest absolute Gasteiger partial charge is 0.493 e. The molecule has 0 aliphatic heterocycles. The Morgan fingerprint density at radius 1 is 1.19 bits per heavy atom. The molecule has 0 spiro atoms. The molecule has 2 rings (SSSR count). The van der Waals surface area contributed by atoms with E-state index in [-0.39, 0.29) is 0 Å². The first-order valence-corrected chi connectivity index (χ1v) is 7.16. The van der Waals surface area contributed by atoms with E-state index in [0.717, 1.165) is 47.8 Å². The minimum atomic E-state index is 0.733. The lowest BCUT2D eigenvalue weighted by atomic mass is 10.0. The third kappa shape index (κ3) is 3.19. The summed E-state index contributed by atoms with van der Waals surface area (Å²) < 4.78 is 12.9. The normalized spacial score (nSPS) is 10.7. The Kier molecular flexibility index (Phi) is 5.22. The van der Waals surface area contributed by atoms with E-state index in [9.17, 15) is 0 Å². The van der Waals surface area contributed by atoms with Crippen LogP contribution in [0.5, 0.6) is 11.5 Å². The van der Waals surface area contributed by atoms with Crippen LogP contribution in [0.15, 0.2) is 24.4 Å². The quantitative estimate of drug-likeness (QED) is 0.851. The van der Waals surface area contributed by atoms with Gasteiger partial charge in [0.05, 0.1) is 19.9 Å². The van der Waals surface area contributed by atoms with E-state index in [1.54, 1.807) is 14.2 Å². The van der Waals surface area contributed by atoms with Crippen molar-refractivity contribution < 1.29 is 9.47 Å². The van der Waals surface area contributed by atoms with Crippen LogP contribution in [0.25, 0.3) is 11.3 Å². The Bertz CT molecular complexity index is 593. The number of benzene rings is 1. The van der Waals surface area contributed by atoms with Crippen molar-refractivity contribution >= 4 is 0 Å². The molecule has 114 valence electrons. The highest BCUT2D eigenvalue weighted by atomic mass is 16.5. The van der Waals surface area contributed by atoms with Gasteiger partial charge in [0.15, 0.2) is 11.5 Å². The lowest BCUT2D eigenvalue weighted by Crippen LogP contribution is -2.09. The number of aromatic nitrogens is 2. The van der Waals surface area contributed by atoms with Gasteiger partial charge in [-0.25, -0.2) is 0 Å². The smallest absolute Gasteiger partial charge is 0.161 e. The van der Waals surface area contributed by atoms with Crippen LogP contribution >= 0.6 is 0 Å². The van der Waals surface area contributed by atoms with Gasteiger partial charge < -0.3 is 14.8 Å². The lowest BCUT2D eigenvalue weighted by Gasteiger charge is -2.16. The molecule has 0 radical (unpaired) electrons. The Morgan fingerprint density at radius 2 is 1.90 bits per heavy atom. The monoisotopic (exact) mass is 289 g/mol. The summed E-state index contributed by atoms with van der Waals surface area (Å²) in [5.74, 6) is 1.48. The van der Waals surface area contributed by atoms with Crippen LogP contribution in [0.4, 0.5) is 0 Å². The van der Waals surface area contributed by atoms with Gasteiger partial charge in [-0.2, -0.15) is 5.10 Å². The van der Waals surface area contributed by atoms with Crippen LogP contribution in [-0.4, -0.2) is 31.0 Å². The number of nitrogens with one attached hydrogen (secondary N) is 1. The maximum atomic E-state index is 5.43. The molecule has 1 heterocycles. The Labute approximate surface area is 125 Å². The zero-order chi connectivity index (χ0) is 15.2. The molecule has 2 aromatic rings. The highest BCUT2D eigenvalue weighted by Crippen LogP contribution is 2.35. The molecule has 0 amide bonds. The number of hydrogen-bond donors (Lipinski definition) is 1. The third-order valence-electron chi connectivity index (χ3n) is 3.40. The summed E-state index contributed by atoms with van der Waals surface area (Å²) in [6, 6.07) is 6.08. The SMILES string of the molecule is CCCn1nccc1-c1cc(OC)c(OC)cc1CNC. The molecular weight excluding hydrogens is 266 g/mol. The average molecular weight is 289 g/mol. The zero-order valence-corrected chi connectivity index (χ0v) is 13.1. The number of ether oxygens (including phenoxy) is 2. The van der Waals surface area contributed by atoms with Crippen molar-refractivity contribution in [1.29, 1.82) is 0 Å². The molecule has 0 unspecified atom stereocenters. The molecule has 0 saturated heterocycles. The van der Waals surface area contributed by atoms with Crippen molar-refractivity contribution in [2.24, 2.45) is 0 Å². The number of hydrogen-bond acceptors (Lipinski definition) is 4. The molecule has 1 aromatic carbocycles. The number of nitrogens with zero attached hydrogens (tertiary/aromatic N) is 2. The van der Waals surface area contributed by atoms with Crippen LogP contribution in [0.1, 0.15) is 18.9 Å². The van der Waals surface area contributed by atoms with Gasteiger partial charge in [-0.3, -0.25) is 4.68 Å². The van der Waals surface area contributed by atoms with Crippen LogP contribution < -0.4 is 14.8 Å². The predicted molar refractivity (Wildman–Crippen MR) is 83.8 cm³/mol. The standard InChI is InChI=1S/C16H23N3O2/c1-5-8-19-14(6-7-18-19)13-10-16(21-4)15(20-3)9-12(13)11-17-2/h6-7,9-10,17H,5,8,11H2,1-4H3. The fourth-order valence-electron chi connectivity index (χ4n) is 2.45. The molecule has 0 fully saturated rings. The highest BCUT2D eigenvalue weighted by Gasteiger charge is 2.15. The first-order chi connectivity index (χ1) is 10.2. The third-order valence-corrected chi connectivity index (χ3v) is 3.40. The van der Waals surface area contributed by atoms with Crippen molar-refractivity contribution in [1.82, 2.24) is 15.1 Å². The predicted octanol–water partition coefficient (Wildman–Crippen LogP) is 2.70. The van der Waals surface area contributed by atoms with E-state index in [1.165, 1.54) is 0 Å². The minimum Gasteiger partial charge on any atom is -0.493 e. The van der Waals surface area contributed by atoms with E-state index < -0.39 is 0 Å². The van der Waals surface area contributed by atoms with E-state index in [2.05, 4.69) is 17.3 Å². The van der Waals surface area contributed by atoms with E-state index in [1.807, 2.05) is 36.1 Å². The molecule has 5 nitrogen and oxygen atoms in total. The summed E-state index contributed by atoms with van der Waals surface area (Å²) in [6.45, 7) is 3.80. The second-order valence-corrected chi connectivity index (χ2v) is 4.83. The van der Waals surface area contributed by atoms with Crippen molar-refractivity contribution in [3.63, 3.8) is 0 Å². The maximum Gasteiger partial charge on any atom is 0.161 e. The summed E-state index contributed by atoms with van der Waals surface area (Å²) >= 11 is 0. The Morgan fingerprint density at radius 3 is 2.52 bits per heavy atom. The second-order valence-electron chi connectivity index (χ2n) is 4.83. The van der Waals surface area contributed by atoms with Gasteiger partial charge in [0.2, 0.25) is 0 Å². The fourth-order valence-corrected chi connectivity index (χ4v) is 2.45. The molecule has 0 aliphatic carbocycles. The van der Waals surface area contributed by atoms with Gasteiger partial charge in [-0.1, -0.05) is 6.92 Å². The van der Waals surface area contributed by atoms with E-state index in [0.29, 0.717) is 0 Å². The Balaban J connectivity index is 2.56. The second kappa shape index (κ2) is 7.13. The van der Waals surface area contributed by atoms with Crippen LogP contribution in [-0.2, 0) is 13.1 Å². The van der Waals surface area contributed by atoms with E-state index in [4.69, 9.17) is 9.47 Å². The average Bonchev–Trinajstić information content (AvgIpc) is 2.95. The van der Waals surface area contributed by atoms with Crippen molar-refractivity contribution in [2.45, 2.75) is 26.4 Å². The molecule has 1 aromatic heterocycles. The van der Waals surface area contributed by atoms with Crippen LogP contribution in [0.3, 0.4) is 0 Å². The maximum absolute atomic E-state index is 5.43. The summed E-state index contributed by atoms with van der Waals surface area (Å²) in [5, 5.41) is 7.61. The molecule has 0 saturated carbocycles. The molecule has 5 heteroatoms. The highest BCUT2D eigenvalue weighted by molar-refractivity contribution is 5.68. The lowest BCUT2D eigenvalue weighted by molar-refractivity contribution is 0.354. The van der Waals surface area contributed by atoms with Crippen LogP contribution in [0.2, 0.25) is 0 Å². The molecule has 1 N–H and O–H groups in total. The Hall–Kier alpha value is -2.01. The number of rotatable bonds is 7. The van der Waals surface area contributed by atoms with Gasteiger partial charge in [0.25, 0.3) is 0 Å². The van der Waals surface area contributed by atoms with Gasteiger partial charge in [0.1, 0.15) is 0 Å². The van der Waals surface area contributed by atoms with Gasteiger partial charge in [0, 0.05) is 24.8 Å². The fraction of sp³-hybridized carbons (Fsp3) is 0.438. The molecule has 0 atom stereocenters. The summed E-state index contributed by atoms with van der Waals surface area (Å²) in [5.41, 5.74) is 3.38. The molecule has 21 heavy (non-hydrogen) atoms. The first kappa shape index (κ1) is 15.4. The summed E-state index contributed by atoms with van der Waals surface area (Å²) in [6.07, 6.45) is 2.88. The van der Waals surface area contributed by atoms with E-state index >= 15 is 0 Å². The van der Waals surface area contributed by atoms with Crippen molar-refractivity contribution in [3.05, 3.63) is 30.0 Å². The van der Waals surface area contributed by atoms with Crippen LogP contribution in [0, 0.1) is 0 Å². The topological polar surface area (TPSA) is 48.3 Å². The van der Waals surface area contributed by atoms with Gasteiger partial charge in [-0.15, -0.1) is 0 Å². The summed E-state index contributed by atoms with van der Waals surface area (Å²) in [4.78, 5) is 0. The molecule has 0 aliphatic rings. The number of methoxy groups -OCH3 is 2. The number of aryl methyl sites for hydroxylation is 1. The zero-order valence-electron chi connectivity index (χ0n) is 13.1. The van der Waals surface area contributed by atoms with Crippen molar-refractivity contribution in [2.75, 3.05) is 21.3 Å². The van der Waals surface area contributed by atoms with Crippen molar-refractivity contribution in [3.8, 4) is 22.8 Å². The molecule has 0 bridgehead atoms. The minimum absolute atomic E-state index is 0.733. The van der Waals surface area contributed by atoms with Gasteiger partial charge >= 0.3 is 0 Å². The first-order valence-electron chi connectivity index (χ1n) is 7.16. The summed E-state index contributed by atoms with van der Waals surface area (Å²) in [7, 11) is 5.24. The van der Waals surface area contributed by atoms with Gasteiger partial charge in [-0.05, 0) is 37.2 Å².